The van der Waals surface area contributed by atoms with Gasteiger partial charge in [0.2, 0.25) is 10.0 Å². The van der Waals surface area contributed by atoms with Crippen molar-refractivity contribution < 1.29 is 31.1 Å². The molecule has 1 aliphatic heterocycles. The van der Waals surface area contributed by atoms with Crippen LogP contribution in [0.25, 0.3) is 0 Å². The van der Waals surface area contributed by atoms with Gasteiger partial charge < -0.3 is 10.0 Å². The highest BCUT2D eigenvalue weighted by Crippen LogP contribution is 2.39. The average Bonchev–Trinajstić information content (AvgIpc) is 2.85. The molecule has 198 valence electrons. The summed E-state index contributed by atoms with van der Waals surface area (Å²) in [6.45, 7) is 1.22. The third-order valence-electron chi connectivity index (χ3n) is 6.63. The molecule has 1 fully saturated rings. The molecule has 3 aromatic carbocycles. The molecule has 0 bridgehead atoms. The lowest BCUT2D eigenvalue weighted by Gasteiger charge is -2.42. The zero-order chi connectivity index (χ0) is 27.0. The van der Waals surface area contributed by atoms with Gasteiger partial charge in [0.15, 0.2) is 5.60 Å². The van der Waals surface area contributed by atoms with E-state index in [0.29, 0.717) is 23.9 Å². The Morgan fingerprint density at radius 1 is 0.973 bits per heavy atom. The summed E-state index contributed by atoms with van der Waals surface area (Å²) < 4.78 is 81.5. The largest absolute Gasteiger partial charge is 0.421 e. The van der Waals surface area contributed by atoms with Gasteiger partial charge in [-0.25, -0.2) is 12.8 Å². The van der Waals surface area contributed by atoms with Crippen molar-refractivity contribution in [3.05, 3.63) is 89.7 Å². The van der Waals surface area contributed by atoms with Crippen molar-refractivity contribution in [1.29, 1.82) is 0 Å². The molecule has 0 spiro atoms. The van der Waals surface area contributed by atoms with E-state index in [4.69, 9.17) is 0 Å². The molecule has 2 atom stereocenters. The highest BCUT2D eigenvalue weighted by molar-refractivity contribution is 7.90. The third-order valence-corrected chi connectivity index (χ3v) is 9.09. The summed E-state index contributed by atoms with van der Waals surface area (Å²) in [7, 11) is -3.86. The Balaban J connectivity index is 1.65. The summed E-state index contributed by atoms with van der Waals surface area (Å²) in [5.74, 6) is -0.397. The lowest BCUT2D eigenvalue weighted by Crippen LogP contribution is -2.55. The molecule has 4 rings (SSSR count). The maximum Gasteiger partial charge on any atom is 0.421 e. The number of thiol groups is 1. The molecule has 0 radical (unpaired) electrons. The number of hydrogen-bond acceptors (Lipinski definition) is 5. The fraction of sp³-hybridized carbons (Fsp3) is 0.308. The second-order valence-corrected chi connectivity index (χ2v) is 11.5. The minimum absolute atomic E-state index is 0.0889. The number of alkyl halides is 3. The van der Waals surface area contributed by atoms with E-state index in [1.165, 1.54) is 46.8 Å². The van der Waals surface area contributed by atoms with E-state index in [-0.39, 0.29) is 30.1 Å². The normalized spacial score (nSPS) is 19.0. The molecule has 5 nitrogen and oxygen atoms in total. The molecule has 0 aromatic heterocycles. The molecular formula is C26H26F4N2O3S2. The molecular weight excluding hydrogens is 528 g/mol. The molecule has 11 heteroatoms. The first-order chi connectivity index (χ1) is 17.3. The summed E-state index contributed by atoms with van der Waals surface area (Å²) in [5, 5.41) is 10.00. The Morgan fingerprint density at radius 2 is 1.59 bits per heavy atom. The van der Waals surface area contributed by atoms with Crippen LogP contribution in [0, 0.1) is 5.82 Å². The number of hydrogen-bond donors (Lipinski definition) is 2. The number of sulfonamides is 1. The van der Waals surface area contributed by atoms with Gasteiger partial charge in [-0.3, -0.25) is 0 Å². The number of halogens is 4. The van der Waals surface area contributed by atoms with Crippen molar-refractivity contribution in [1.82, 2.24) is 4.31 Å². The van der Waals surface area contributed by atoms with Crippen molar-refractivity contribution in [2.75, 3.05) is 24.5 Å². The van der Waals surface area contributed by atoms with Crippen molar-refractivity contribution in [2.45, 2.75) is 41.0 Å². The molecule has 3 aromatic rings. The van der Waals surface area contributed by atoms with E-state index in [0.717, 1.165) is 5.56 Å². The minimum Gasteiger partial charge on any atom is -0.376 e. The van der Waals surface area contributed by atoms with Gasteiger partial charge in [0.25, 0.3) is 0 Å². The Kier molecular flexibility index (Phi) is 7.62. The van der Waals surface area contributed by atoms with Crippen LogP contribution in [0.3, 0.4) is 0 Å². The van der Waals surface area contributed by atoms with Gasteiger partial charge in [0.1, 0.15) is 5.82 Å². The topological polar surface area (TPSA) is 60.9 Å². The van der Waals surface area contributed by atoms with Crippen molar-refractivity contribution in [3.8, 4) is 0 Å². The number of rotatable bonds is 6. The van der Waals surface area contributed by atoms with Gasteiger partial charge >= 0.3 is 6.18 Å². The van der Waals surface area contributed by atoms with Crippen LogP contribution >= 0.6 is 12.6 Å². The van der Waals surface area contributed by atoms with Crippen molar-refractivity contribution in [2.24, 2.45) is 0 Å². The molecule has 1 aliphatic rings. The molecule has 0 unspecified atom stereocenters. The van der Waals surface area contributed by atoms with Crippen molar-refractivity contribution >= 4 is 28.3 Å². The Labute approximate surface area is 218 Å². The lowest BCUT2D eigenvalue weighted by molar-refractivity contribution is -0.258. The van der Waals surface area contributed by atoms with Gasteiger partial charge in [-0.15, -0.1) is 12.6 Å². The summed E-state index contributed by atoms with van der Waals surface area (Å²) >= 11 is 4.30. The predicted octanol–water partition coefficient (Wildman–Crippen LogP) is 5.01. The van der Waals surface area contributed by atoms with E-state index >= 15 is 0 Å². The van der Waals surface area contributed by atoms with Crippen LogP contribution in [0.15, 0.2) is 82.6 Å². The predicted molar refractivity (Wildman–Crippen MR) is 136 cm³/mol. The van der Waals surface area contributed by atoms with Gasteiger partial charge in [-0.1, -0.05) is 36.4 Å². The highest BCUT2D eigenvalue weighted by Gasteiger charge is 2.51. The summed E-state index contributed by atoms with van der Waals surface area (Å²) in [5.41, 5.74) is -1.95. The first-order valence-corrected chi connectivity index (χ1v) is 13.4. The van der Waals surface area contributed by atoms with Crippen LogP contribution in [-0.4, -0.2) is 49.7 Å². The van der Waals surface area contributed by atoms with E-state index in [2.05, 4.69) is 12.6 Å². The fourth-order valence-corrected chi connectivity index (χ4v) is 6.47. The molecule has 1 saturated heterocycles. The van der Waals surface area contributed by atoms with E-state index in [9.17, 15) is 31.1 Å². The summed E-state index contributed by atoms with van der Waals surface area (Å²) in [6.07, 6.45) is -4.47. The maximum atomic E-state index is 13.5. The zero-order valence-electron chi connectivity index (χ0n) is 19.9. The lowest BCUT2D eigenvalue weighted by atomic mass is 9.94. The van der Waals surface area contributed by atoms with Gasteiger partial charge in [-0.05, 0) is 60.9 Å². The van der Waals surface area contributed by atoms with Crippen molar-refractivity contribution in [3.63, 3.8) is 0 Å². The molecule has 1 N–H and O–H groups in total. The van der Waals surface area contributed by atoms with Crippen LogP contribution in [0.2, 0.25) is 0 Å². The van der Waals surface area contributed by atoms with Gasteiger partial charge in [-0.2, -0.15) is 17.5 Å². The van der Waals surface area contributed by atoms with E-state index < -0.39 is 33.7 Å². The van der Waals surface area contributed by atoms with E-state index in [1.807, 2.05) is 4.90 Å². The monoisotopic (exact) mass is 554 g/mol. The molecule has 0 amide bonds. The maximum absolute atomic E-state index is 13.5. The number of benzene rings is 3. The van der Waals surface area contributed by atoms with Gasteiger partial charge in [0, 0.05) is 36.3 Å². The SMILES string of the molecule is C[C@@](O)(c1ccc(N2CCN(S(=O)(=O)c3ccccc3S)C[C@@H]2Cc2ccc(F)cc2)cc1)C(F)(F)F. The number of nitrogens with zero attached hydrogens (tertiary/aromatic N) is 2. The minimum atomic E-state index is -4.84. The van der Waals surface area contributed by atoms with Crippen LogP contribution in [0.5, 0.6) is 0 Å². The number of piperazine rings is 1. The molecule has 0 saturated carbocycles. The van der Waals surface area contributed by atoms with Crippen LogP contribution in [0.4, 0.5) is 23.2 Å². The van der Waals surface area contributed by atoms with Crippen LogP contribution in [0.1, 0.15) is 18.1 Å². The highest BCUT2D eigenvalue weighted by atomic mass is 32.2. The second kappa shape index (κ2) is 10.3. The molecule has 37 heavy (non-hydrogen) atoms. The first-order valence-electron chi connectivity index (χ1n) is 11.5. The molecule has 1 heterocycles. The van der Waals surface area contributed by atoms with Crippen LogP contribution in [-0.2, 0) is 22.0 Å². The third kappa shape index (κ3) is 5.64. The first kappa shape index (κ1) is 27.4. The molecule has 0 aliphatic carbocycles. The Morgan fingerprint density at radius 3 is 2.19 bits per heavy atom. The number of aliphatic hydroxyl groups is 1. The number of anilines is 1. The summed E-state index contributed by atoms with van der Waals surface area (Å²) in [6, 6.07) is 17.3. The van der Waals surface area contributed by atoms with Crippen LogP contribution < -0.4 is 4.90 Å². The summed E-state index contributed by atoms with van der Waals surface area (Å²) in [4.78, 5) is 2.34. The Hall–Kier alpha value is -2.60. The van der Waals surface area contributed by atoms with E-state index in [1.54, 1.807) is 30.3 Å². The smallest absolute Gasteiger partial charge is 0.376 e. The Bertz CT molecular complexity index is 1350. The fourth-order valence-electron chi connectivity index (χ4n) is 4.41. The average molecular weight is 555 g/mol. The quantitative estimate of drug-likeness (QED) is 0.333. The van der Waals surface area contributed by atoms with Gasteiger partial charge in [0.05, 0.1) is 4.90 Å². The standard InChI is InChI=1S/C26H26F4N2O3S2/c1-25(33,26(28,29)30)19-8-12-21(13-9-19)32-15-14-31(37(34,35)24-5-3-2-4-23(24)36)17-22(32)16-18-6-10-20(27)11-7-18/h2-13,22,33,36H,14-17H2,1H3/t22-,25+/m0/s1. The zero-order valence-corrected chi connectivity index (χ0v) is 21.6. The second-order valence-electron chi connectivity index (χ2n) is 9.13.